The molecule has 2 rings (SSSR count). The van der Waals surface area contributed by atoms with Crippen molar-refractivity contribution >= 4 is 23.3 Å². The summed E-state index contributed by atoms with van der Waals surface area (Å²) in [6.07, 6.45) is 7.99. The van der Waals surface area contributed by atoms with Crippen molar-refractivity contribution in [1.82, 2.24) is 4.98 Å². The third-order valence-electron chi connectivity index (χ3n) is 4.48. The van der Waals surface area contributed by atoms with Crippen molar-refractivity contribution in [2.45, 2.75) is 59.3 Å². The van der Waals surface area contributed by atoms with E-state index in [-0.39, 0.29) is 24.3 Å². The third kappa shape index (κ3) is 4.09. The number of aromatic nitrogens is 1. The molecule has 1 aromatic heterocycles. The topological polar surface area (TPSA) is 62.3 Å². The van der Waals surface area contributed by atoms with Crippen LogP contribution in [0.15, 0.2) is 12.3 Å². The van der Waals surface area contributed by atoms with Crippen LogP contribution < -0.4 is 10.2 Å². The van der Waals surface area contributed by atoms with E-state index >= 15 is 0 Å². The second-order valence-corrected chi connectivity index (χ2v) is 6.25. The van der Waals surface area contributed by atoms with Crippen LogP contribution in [0.1, 0.15) is 57.9 Å². The van der Waals surface area contributed by atoms with Crippen LogP contribution in [0.3, 0.4) is 0 Å². The zero-order valence-electron chi connectivity index (χ0n) is 14.4. The summed E-state index contributed by atoms with van der Waals surface area (Å²) in [7, 11) is 0. The molecule has 1 N–H and O–H groups in total. The van der Waals surface area contributed by atoms with Gasteiger partial charge >= 0.3 is 0 Å². The highest BCUT2D eigenvalue weighted by Crippen LogP contribution is 2.31. The molecule has 0 spiro atoms. The first-order valence-corrected chi connectivity index (χ1v) is 8.65. The molecule has 126 valence electrons. The summed E-state index contributed by atoms with van der Waals surface area (Å²) < 4.78 is 0. The molecular weight excluding hydrogens is 290 g/mol. The van der Waals surface area contributed by atoms with Gasteiger partial charge in [0.05, 0.1) is 5.69 Å². The van der Waals surface area contributed by atoms with E-state index in [0.717, 1.165) is 31.2 Å². The predicted molar refractivity (Wildman–Crippen MR) is 92.5 cm³/mol. The van der Waals surface area contributed by atoms with Crippen molar-refractivity contribution < 1.29 is 9.59 Å². The van der Waals surface area contributed by atoms with Gasteiger partial charge in [-0.05, 0) is 31.4 Å². The van der Waals surface area contributed by atoms with E-state index in [0.29, 0.717) is 11.5 Å². The maximum atomic E-state index is 12.9. The number of nitrogens with one attached hydrogen (secondary N) is 1. The lowest BCUT2D eigenvalue weighted by atomic mass is 9.96. The molecule has 1 atom stereocenters. The smallest absolute Gasteiger partial charge is 0.244 e. The van der Waals surface area contributed by atoms with Crippen molar-refractivity contribution in [3.63, 3.8) is 0 Å². The minimum Gasteiger partial charge on any atom is -0.321 e. The Morgan fingerprint density at radius 2 is 2.13 bits per heavy atom. The summed E-state index contributed by atoms with van der Waals surface area (Å²) in [5, 5.41) is 2.83. The summed E-state index contributed by atoms with van der Waals surface area (Å²) >= 11 is 0. The van der Waals surface area contributed by atoms with Crippen LogP contribution in [-0.2, 0) is 9.59 Å². The quantitative estimate of drug-likeness (QED) is 0.780. The Hall–Kier alpha value is -1.91. The molecule has 23 heavy (non-hydrogen) atoms. The zero-order chi connectivity index (χ0) is 16.8. The predicted octanol–water partition coefficient (Wildman–Crippen LogP) is 3.67. The number of carbonyl (C=O) groups excluding carboxylic acids is 2. The molecule has 5 nitrogen and oxygen atoms in total. The Labute approximate surface area is 138 Å². The van der Waals surface area contributed by atoms with Gasteiger partial charge < -0.3 is 5.32 Å². The molecule has 0 unspecified atom stereocenters. The van der Waals surface area contributed by atoms with Gasteiger partial charge in [0.2, 0.25) is 11.8 Å². The van der Waals surface area contributed by atoms with Gasteiger partial charge in [-0.3, -0.25) is 14.5 Å². The van der Waals surface area contributed by atoms with Gasteiger partial charge in [-0.2, -0.15) is 0 Å². The molecule has 0 fully saturated rings. The van der Waals surface area contributed by atoms with E-state index in [9.17, 15) is 9.59 Å². The van der Waals surface area contributed by atoms with E-state index in [1.165, 1.54) is 12.8 Å². The molecule has 0 saturated carbocycles. The molecule has 0 aromatic carbocycles. The number of hydrogen-bond acceptors (Lipinski definition) is 3. The Morgan fingerprint density at radius 3 is 2.83 bits per heavy atom. The van der Waals surface area contributed by atoms with Crippen molar-refractivity contribution in [3.05, 3.63) is 17.8 Å². The maximum absolute atomic E-state index is 12.9. The molecule has 1 aromatic rings. The number of hydrogen-bond donors (Lipinski definition) is 1. The van der Waals surface area contributed by atoms with Gasteiger partial charge in [-0.25, -0.2) is 4.98 Å². The van der Waals surface area contributed by atoms with Gasteiger partial charge in [0.1, 0.15) is 6.54 Å². The molecule has 0 radical (unpaired) electrons. The molecule has 0 bridgehead atoms. The Balaban J connectivity index is 2.15. The van der Waals surface area contributed by atoms with Crippen molar-refractivity contribution in [2.24, 2.45) is 5.92 Å². The number of unbranched alkanes of at least 4 members (excludes halogenated alkanes) is 3. The monoisotopic (exact) mass is 317 g/mol. The first-order valence-electron chi connectivity index (χ1n) is 8.65. The fourth-order valence-corrected chi connectivity index (χ4v) is 3.02. The van der Waals surface area contributed by atoms with Gasteiger partial charge in [0, 0.05) is 12.1 Å². The highest BCUT2D eigenvalue weighted by molar-refractivity contribution is 6.10. The van der Waals surface area contributed by atoms with E-state index in [1.807, 2.05) is 19.9 Å². The SMILES string of the molecule is CCCCCC[C@H](CC)C(=O)N1CC(=O)Nc2c(C)ccnc21. The van der Waals surface area contributed by atoms with Crippen LogP contribution >= 0.6 is 0 Å². The summed E-state index contributed by atoms with van der Waals surface area (Å²) in [5.74, 6) is 0.426. The number of amides is 2. The lowest BCUT2D eigenvalue weighted by Gasteiger charge is -2.31. The summed E-state index contributed by atoms with van der Waals surface area (Å²) in [5.41, 5.74) is 1.59. The average Bonchev–Trinajstić information content (AvgIpc) is 2.55. The van der Waals surface area contributed by atoms with E-state index in [1.54, 1.807) is 11.1 Å². The molecule has 5 heteroatoms. The van der Waals surface area contributed by atoms with Crippen LogP contribution in [0, 0.1) is 12.8 Å². The number of pyridine rings is 1. The van der Waals surface area contributed by atoms with Crippen LogP contribution in [0.2, 0.25) is 0 Å². The summed E-state index contributed by atoms with van der Waals surface area (Å²) in [6.45, 7) is 6.20. The Morgan fingerprint density at radius 1 is 1.35 bits per heavy atom. The number of rotatable bonds is 7. The fraction of sp³-hybridized carbons (Fsp3) is 0.611. The van der Waals surface area contributed by atoms with Crippen LogP contribution in [0.5, 0.6) is 0 Å². The minimum atomic E-state index is -0.150. The second-order valence-electron chi connectivity index (χ2n) is 6.25. The first-order chi connectivity index (χ1) is 11.1. The number of fused-ring (bicyclic) bond motifs is 1. The highest BCUT2D eigenvalue weighted by atomic mass is 16.2. The second kappa shape index (κ2) is 8.09. The number of nitrogens with zero attached hydrogens (tertiary/aromatic N) is 2. The first kappa shape index (κ1) is 17.4. The van der Waals surface area contributed by atoms with Crippen molar-refractivity contribution in [3.8, 4) is 0 Å². The zero-order valence-corrected chi connectivity index (χ0v) is 14.4. The lowest BCUT2D eigenvalue weighted by Crippen LogP contribution is -2.45. The van der Waals surface area contributed by atoms with Crippen LogP contribution in [0.4, 0.5) is 11.5 Å². The largest absolute Gasteiger partial charge is 0.321 e. The lowest BCUT2D eigenvalue weighted by molar-refractivity contribution is -0.125. The molecule has 1 aliphatic rings. The fourth-order valence-electron chi connectivity index (χ4n) is 3.02. The van der Waals surface area contributed by atoms with Crippen LogP contribution in [-0.4, -0.2) is 23.3 Å². The molecule has 1 aliphatic heterocycles. The maximum Gasteiger partial charge on any atom is 0.244 e. The average molecular weight is 317 g/mol. The Kier molecular flexibility index (Phi) is 6.13. The highest BCUT2D eigenvalue weighted by Gasteiger charge is 2.32. The standard InChI is InChI=1S/C18H27N3O2/c1-4-6-7-8-9-14(5-2)18(23)21-12-15(22)20-16-13(3)10-11-19-17(16)21/h10-11,14H,4-9,12H2,1-3H3,(H,20,22)/t14-/m0/s1. The molecule has 2 heterocycles. The van der Waals surface area contributed by atoms with Gasteiger partial charge in [-0.1, -0.05) is 39.5 Å². The van der Waals surface area contributed by atoms with Gasteiger partial charge in [0.15, 0.2) is 5.82 Å². The van der Waals surface area contributed by atoms with Crippen molar-refractivity contribution in [1.29, 1.82) is 0 Å². The number of carbonyl (C=O) groups is 2. The van der Waals surface area contributed by atoms with E-state index in [2.05, 4.69) is 17.2 Å². The normalized spacial score (nSPS) is 15.1. The van der Waals surface area contributed by atoms with E-state index < -0.39 is 0 Å². The van der Waals surface area contributed by atoms with E-state index in [4.69, 9.17) is 0 Å². The van der Waals surface area contributed by atoms with Gasteiger partial charge in [-0.15, -0.1) is 0 Å². The molecule has 0 aliphatic carbocycles. The molecule has 0 saturated heterocycles. The number of anilines is 2. The molecular formula is C18H27N3O2. The van der Waals surface area contributed by atoms with Crippen LogP contribution in [0.25, 0.3) is 0 Å². The minimum absolute atomic E-state index is 0.0261. The van der Waals surface area contributed by atoms with Crippen molar-refractivity contribution in [2.75, 3.05) is 16.8 Å². The molecule has 2 amide bonds. The number of aryl methyl sites for hydroxylation is 1. The summed E-state index contributed by atoms with van der Waals surface area (Å²) in [4.78, 5) is 30.8. The Bertz CT molecular complexity index is 571. The van der Waals surface area contributed by atoms with Gasteiger partial charge in [0.25, 0.3) is 0 Å². The third-order valence-corrected chi connectivity index (χ3v) is 4.48. The summed E-state index contributed by atoms with van der Waals surface area (Å²) in [6, 6.07) is 1.84.